The van der Waals surface area contributed by atoms with Crippen LogP contribution < -0.4 is 24.8 Å². The van der Waals surface area contributed by atoms with Crippen molar-refractivity contribution in [1.29, 1.82) is 0 Å². The first-order valence-corrected chi connectivity index (χ1v) is 32.4. The molecule has 16 rings (SSSR count). The summed E-state index contributed by atoms with van der Waals surface area (Å²) in [4.78, 5) is 0. The Balaban J connectivity index is 0.000000138. The third-order valence-electron chi connectivity index (χ3n) is 15.4. The van der Waals surface area contributed by atoms with Gasteiger partial charge in [-0.2, -0.15) is 12.2 Å². The molecule has 0 fully saturated rings. The van der Waals surface area contributed by atoms with E-state index in [1.807, 2.05) is 24.3 Å². The van der Waals surface area contributed by atoms with E-state index >= 15 is 0 Å². The standard InChI is InChI=1S/2C25H17.2C13H10.2C5H5.2ClH.2Zr/c2*1-3-7-18(8-4-1)20-11-13-24-22(15-20)17-23-16-21(12-14-25(23)24)19-9-5-2-6-10-19;2*1-3-7-12(8-4-1)11-13-9-5-2-6-10-13;2*1-2-4-5-3-1;;;;/h2*1-15H,17H2;2*1-10H;2*1-3H,4H2;2*1H;;/q2*-1;;;2*-1;;;2*+2/p-2. The average Bonchev–Trinajstić information content (AvgIpc) is 1.67. The Morgan fingerprint density at radius 1 is 0.278 bits per heavy atom. The van der Waals surface area contributed by atoms with Crippen molar-refractivity contribution in [3.05, 3.63) is 409 Å². The Kier molecular flexibility index (Phi) is 25.4. The molecule has 0 saturated heterocycles. The molecule has 0 nitrogen and oxygen atoms in total. The monoisotopic (exact) mass is 1350 g/mol. The van der Waals surface area contributed by atoms with Crippen LogP contribution in [0.1, 0.15) is 57.3 Å². The molecule has 0 spiro atoms. The fourth-order valence-electron chi connectivity index (χ4n) is 10.9. The molecule has 0 amide bonds. The van der Waals surface area contributed by atoms with Crippen molar-refractivity contribution in [2.75, 3.05) is 0 Å². The zero-order valence-corrected chi connectivity index (χ0v) is 56.3. The first-order chi connectivity index (χ1) is 43.5. The van der Waals surface area contributed by atoms with E-state index in [9.17, 15) is 0 Å². The van der Waals surface area contributed by atoms with Gasteiger partial charge < -0.3 is 24.8 Å². The first-order valence-electron chi connectivity index (χ1n) is 29.9. The van der Waals surface area contributed by atoms with Gasteiger partial charge in [-0.25, -0.2) is 24.3 Å². The van der Waals surface area contributed by atoms with Crippen molar-refractivity contribution < 1.29 is 73.3 Å². The second-order valence-corrected chi connectivity index (χ2v) is 23.8. The van der Waals surface area contributed by atoms with E-state index in [1.165, 1.54) is 166 Å². The minimum atomic E-state index is 0. The molecule has 0 N–H and O–H groups in total. The largest absolute Gasteiger partial charge is 0.143 e. The molecule has 0 atom stereocenters. The van der Waals surface area contributed by atoms with Gasteiger partial charge in [-0.1, -0.05) is 191 Å². The fraction of sp³-hybridized carbons (Fsp3) is 0.0465. The molecule has 4 aliphatic rings. The zero-order valence-electron chi connectivity index (χ0n) is 49.9. The first kappa shape index (κ1) is 66.1. The Bertz CT molecular complexity index is 3790. The molecule has 12 aromatic carbocycles. The van der Waals surface area contributed by atoms with Crippen molar-refractivity contribution in [2.45, 2.75) is 25.7 Å². The van der Waals surface area contributed by atoms with Crippen LogP contribution in [0.5, 0.6) is 0 Å². The van der Waals surface area contributed by atoms with E-state index in [0.717, 1.165) is 25.7 Å². The summed E-state index contributed by atoms with van der Waals surface area (Å²) in [6.45, 7) is 0. The van der Waals surface area contributed by atoms with Gasteiger partial charge in [0.15, 0.2) is 0 Å². The minimum absolute atomic E-state index is 0. The van der Waals surface area contributed by atoms with Gasteiger partial charge in [0.1, 0.15) is 0 Å². The molecule has 4 heteroatoms. The third-order valence-corrected chi connectivity index (χ3v) is 18.2. The molecule has 12 aromatic rings. The van der Waals surface area contributed by atoms with Gasteiger partial charge in [-0.05, 0) is 46.2 Å². The molecule has 0 unspecified atom stereocenters. The van der Waals surface area contributed by atoms with Crippen LogP contribution in [0, 0.1) is 24.3 Å². The maximum atomic E-state index is 3.65. The Morgan fingerprint density at radius 2 is 0.556 bits per heavy atom. The van der Waals surface area contributed by atoms with Gasteiger partial charge in [0.25, 0.3) is 0 Å². The molecule has 0 heterocycles. The topological polar surface area (TPSA) is 0 Å². The van der Waals surface area contributed by atoms with Gasteiger partial charge in [-0.15, -0.1) is 71.5 Å². The van der Waals surface area contributed by atoms with Gasteiger partial charge in [0.05, 0.1) is 0 Å². The summed E-state index contributed by atoms with van der Waals surface area (Å²) in [5.74, 6) is 0. The van der Waals surface area contributed by atoms with Crippen LogP contribution >= 0.6 is 0 Å². The van der Waals surface area contributed by atoms with Crippen molar-refractivity contribution in [2.24, 2.45) is 0 Å². The molecule has 0 saturated carbocycles. The Hall–Kier alpha value is -8.31. The van der Waals surface area contributed by atoms with Crippen LogP contribution in [0.3, 0.4) is 0 Å². The van der Waals surface area contributed by atoms with Crippen LogP contribution in [0.25, 0.3) is 66.8 Å². The van der Waals surface area contributed by atoms with E-state index in [0.29, 0.717) is 0 Å². The summed E-state index contributed by atoms with van der Waals surface area (Å²) in [5.41, 5.74) is 26.0. The van der Waals surface area contributed by atoms with E-state index < -0.39 is 0 Å². The molecular formula is C86H64Cl2Zr2-2. The average molecular weight is 1350 g/mol. The Labute approximate surface area is 575 Å². The summed E-state index contributed by atoms with van der Waals surface area (Å²) < 4.78 is 2.83. The number of rotatable bonds is 8. The predicted molar refractivity (Wildman–Crippen MR) is 364 cm³/mol. The van der Waals surface area contributed by atoms with E-state index in [4.69, 9.17) is 0 Å². The smallest absolute Gasteiger partial charge is 0.0181 e. The Morgan fingerprint density at radius 3 is 0.822 bits per heavy atom. The predicted octanol–water partition coefficient (Wildman–Crippen LogP) is 15.0. The molecule has 432 valence electrons. The summed E-state index contributed by atoms with van der Waals surface area (Å²) >= 11 is 2.92. The number of allylic oxidation sites excluding steroid dienone is 8. The molecule has 90 heavy (non-hydrogen) atoms. The van der Waals surface area contributed by atoms with Gasteiger partial charge in [0.2, 0.25) is 0 Å². The molecule has 0 radical (unpaired) electrons. The van der Waals surface area contributed by atoms with E-state index in [1.54, 1.807) is 0 Å². The second-order valence-electron chi connectivity index (χ2n) is 21.3. The van der Waals surface area contributed by atoms with Crippen molar-refractivity contribution >= 4 is 6.41 Å². The summed E-state index contributed by atoms with van der Waals surface area (Å²) in [5, 5.41) is 0. The van der Waals surface area contributed by atoms with Gasteiger partial charge in [0, 0.05) is 0 Å². The van der Waals surface area contributed by atoms with Crippen LogP contribution in [0.4, 0.5) is 0 Å². The summed E-state index contributed by atoms with van der Waals surface area (Å²) in [6.07, 6.45) is 21.9. The number of halogens is 2. The number of hydrogen-bond acceptors (Lipinski definition) is 0. The number of benzene rings is 12. The minimum Gasteiger partial charge on any atom is -0.143 e. The van der Waals surface area contributed by atoms with Crippen molar-refractivity contribution in [3.8, 4) is 66.8 Å². The number of fused-ring (bicyclic) bond motifs is 6. The van der Waals surface area contributed by atoms with Crippen molar-refractivity contribution in [1.82, 2.24) is 0 Å². The van der Waals surface area contributed by atoms with Gasteiger partial charge in [-0.3, -0.25) is 12.2 Å². The van der Waals surface area contributed by atoms with E-state index in [2.05, 4.69) is 340 Å². The van der Waals surface area contributed by atoms with Crippen molar-refractivity contribution in [3.63, 3.8) is 0 Å². The second kappa shape index (κ2) is 34.6. The van der Waals surface area contributed by atoms with Crippen LogP contribution in [-0.2, 0) is 61.3 Å². The molecule has 0 aromatic heterocycles. The number of hydrogen-bond donors (Lipinski definition) is 0. The fourth-order valence-corrected chi connectivity index (χ4v) is 12.5. The molecule has 4 aliphatic carbocycles. The van der Waals surface area contributed by atoms with Crippen LogP contribution in [0.15, 0.2) is 340 Å². The normalized spacial score (nSPS) is 11.6. The maximum absolute atomic E-state index is 3.65. The zero-order chi connectivity index (χ0) is 60.0. The quantitative estimate of drug-likeness (QED) is 0.133. The SMILES string of the molecule is [C-]1=CC=CC1.[C-]1=CC=CC1.[Cl-].[Cl-].[Zr+2]=[C](c1ccccc1)c1ccccc1.[Zr+2]=[C](c1ccccc1)c1ccccc1.[c-]1c(-c2ccccc2)ccc2c1Cc1cc(-c3ccccc3)ccc1-2.[c-]1c(-c2ccccc2)ccc2c1Cc1cc(-c3ccccc3)ccc1-2. The molecule has 0 aliphatic heterocycles. The molecule has 0 bridgehead atoms. The maximum Gasteiger partial charge on any atom is -0.0181 e. The van der Waals surface area contributed by atoms with Crippen LogP contribution in [0.2, 0.25) is 0 Å². The third kappa shape index (κ3) is 18.0. The molecular weight excluding hydrogens is 1290 g/mol. The summed E-state index contributed by atoms with van der Waals surface area (Å²) in [6, 6.07) is 114. The van der Waals surface area contributed by atoms with E-state index in [-0.39, 0.29) is 24.8 Å². The van der Waals surface area contributed by atoms with Gasteiger partial charge >= 0.3 is 198 Å². The van der Waals surface area contributed by atoms with Crippen LogP contribution in [-0.4, -0.2) is 6.41 Å². The summed E-state index contributed by atoms with van der Waals surface area (Å²) in [7, 11) is 0.